The Labute approximate surface area is 161 Å². The standard InChI is InChI=1S/C22H16ClNO3/c23-16-10-11-18(17(13-16)21(25)14-6-2-1-3-7-14)24-22(26)20-12-15-8-4-5-9-19(15)27-20/h1-13,21,25H,(H,24,26)/t21-/m1/s1. The van der Waals surface area contributed by atoms with Gasteiger partial charge in [0.05, 0.1) is 0 Å². The van der Waals surface area contributed by atoms with E-state index in [1.54, 1.807) is 30.3 Å². The van der Waals surface area contributed by atoms with Crippen LogP contribution in [0.15, 0.2) is 83.3 Å². The Balaban J connectivity index is 1.66. The van der Waals surface area contributed by atoms with E-state index < -0.39 is 12.0 Å². The number of anilines is 1. The van der Waals surface area contributed by atoms with Crippen molar-refractivity contribution in [2.24, 2.45) is 0 Å². The Morgan fingerprint density at radius 2 is 1.70 bits per heavy atom. The average Bonchev–Trinajstić information content (AvgIpc) is 3.14. The predicted molar refractivity (Wildman–Crippen MR) is 106 cm³/mol. The Morgan fingerprint density at radius 1 is 0.963 bits per heavy atom. The summed E-state index contributed by atoms with van der Waals surface area (Å²) in [4.78, 5) is 12.7. The first-order valence-corrected chi connectivity index (χ1v) is 8.82. The van der Waals surface area contributed by atoms with Crippen LogP contribution in [-0.2, 0) is 0 Å². The van der Waals surface area contributed by atoms with Crippen LogP contribution < -0.4 is 5.32 Å². The lowest BCUT2D eigenvalue weighted by molar-refractivity contribution is 0.0998. The van der Waals surface area contributed by atoms with E-state index in [1.165, 1.54) is 0 Å². The Morgan fingerprint density at radius 3 is 2.48 bits per heavy atom. The third-order valence-electron chi connectivity index (χ3n) is 4.32. The van der Waals surface area contributed by atoms with E-state index in [9.17, 15) is 9.90 Å². The first kappa shape index (κ1) is 17.3. The highest BCUT2D eigenvalue weighted by molar-refractivity contribution is 6.30. The summed E-state index contributed by atoms with van der Waals surface area (Å²) in [5.74, 6) is -0.193. The van der Waals surface area contributed by atoms with Crippen molar-refractivity contribution in [3.63, 3.8) is 0 Å². The summed E-state index contributed by atoms with van der Waals surface area (Å²) in [6.45, 7) is 0. The summed E-state index contributed by atoms with van der Waals surface area (Å²) < 4.78 is 5.61. The maximum absolute atomic E-state index is 12.7. The number of amides is 1. The molecule has 0 aliphatic heterocycles. The molecular weight excluding hydrogens is 362 g/mol. The van der Waals surface area contributed by atoms with Gasteiger partial charge in [0.2, 0.25) is 0 Å². The molecule has 4 nitrogen and oxygen atoms in total. The number of para-hydroxylation sites is 1. The molecule has 0 aliphatic carbocycles. The molecule has 0 radical (unpaired) electrons. The van der Waals surface area contributed by atoms with Gasteiger partial charge in [0.1, 0.15) is 11.7 Å². The number of hydrogen-bond acceptors (Lipinski definition) is 3. The van der Waals surface area contributed by atoms with Gasteiger partial charge in [0, 0.05) is 21.7 Å². The fourth-order valence-corrected chi connectivity index (χ4v) is 3.15. The minimum atomic E-state index is -0.920. The number of rotatable bonds is 4. The molecule has 0 saturated heterocycles. The number of nitrogens with one attached hydrogen (secondary N) is 1. The minimum Gasteiger partial charge on any atom is -0.451 e. The molecule has 1 heterocycles. The summed E-state index contributed by atoms with van der Waals surface area (Å²) >= 11 is 6.11. The fourth-order valence-electron chi connectivity index (χ4n) is 2.97. The van der Waals surface area contributed by atoms with Crippen LogP contribution in [-0.4, -0.2) is 11.0 Å². The van der Waals surface area contributed by atoms with Crippen LogP contribution in [0, 0.1) is 0 Å². The highest BCUT2D eigenvalue weighted by Crippen LogP contribution is 2.31. The molecule has 0 bridgehead atoms. The quantitative estimate of drug-likeness (QED) is 0.499. The topological polar surface area (TPSA) is 62.5 Å². The number of aliphatic hydroxyl groups is 1. The lowest BCUT2D eigenvalue weighted by Gasteiger charge is -2.17. The lowest BCUT2D eigenvalue weighted by Crippen LogP contribution is -2.14. The summed E-state index contributed by atoms with van der Waals surface area (Å²) in [5.41, 5.74) is 2.33. The second kappa shape index (κ2) is 7.27. The number of carbonyl (C=O) groups excluding carboxylic acids is 1. The van der Waals surface area contributed by atoms with Crippen molar-refractivity contribution in [2.45, 2.75) is 6.10 Å². The molecule has 5 heteroatoms. The van der Waals surface area contributed by atoms with E-state index in [1.807, 2.05) is 48.5 Å². The third-order valence-corrected chi connectivity index (χ3v) is 4.56. The molecule has 134 valence electrons. The highest BCUT2D eigenvalue weighted by Gasteiger charge is 2.19. The van der Waals surface area contributed by atoms with Gasteiger partial charge in [-0.15, -0.1) is 0 Å². The van der Waals surface area contributed by atoms with E-state index in [0.29, 0.717) is 27.4 Å². The maximum Gasteiger partial charge on any atom is 0.291 e. The van der Waals surface area contributed by atoms with Gasteiger partial charge < -0.3 is 14.8 Å². The number of hydrogen-bond donors (Lipinski definition) is 2. The Hall–Kier alpha value is -3.08. The molecule has 4 aromatic rings. The molecule has 2 N–H and O–H groups in total. The van der Waals surface area contributed by atoms with Gasteiger partial charge in [-0.05, 0) is 35.9 Å². The molecule has 0 aliphatic rings. The van der Waals surface area contributed by atoms with Crippen LogP contribution >= 0.6 is 11.6 Å². The average molecular weight is 378 g/mol. The first-order valence-electron chi connectivity index (χ1n) is 8.44. The van der Waals surface area contributed by atoms with Crippen LogP contribution in [0.1, 0.15) is 27.8 Å². The SMILES string of the molecule is O=C(Nc1ccc(Cl)cc1[C@H](O)c1ccccc1)c1cc2ccccc2o1. The van der Waals surface area contributed by atoms with Gasteiger partial charge in [-0.1, -0.05) is 60.1 Å². The van der Waals surface area contributed by atoms with Crippen LogP contribution in [0.4, 0.5) is 5.69 Å². The molecule has 0 saturated carbocycles. The summed E-state index contributed by atoms with van der Waals surface area (Å²) in [6.07, 6.45) is -0.920. The molecule has 0 unspecified atom stereocenters. The maximum atomic E-state index is 12.7. The van der Waals surface area contributed by atoms with Crippen molar-refractivity contribution in [3.05, 3.63) is 101 Å². The number of furan rings is 1. The van der Waals surface area contributed by atoms with Crippen molar-refractivity contribution < 1.29 is 14.3 Å². The monoisotopic (exact) mass is 377 g/mol. The van der Waals surface area contributed by atoms with E-state index in [-0.39, 0.29) is 5.76 Å². The molecule has 27 heavy (non-hydrogen) atoms. The zero-order valence-corrected chi connectivity index (χ0v) is 15.0. The van der Waals surface area contributed by atoms with E-state index >= 15 is 0 Å². The largest absolute Gasteiger partial charge is 0.451 e. The second-order valence-electron chi connectivity index (χ2n) is 6.15. The number of carbonyl (C=O) groups is 1. The Bertz CT molecular complexity index is 1070. The molecule has 0 fully saturated rings. The zero-order valence-electron chi connectivity index (χ0n) is 14.2. The van der Waals surface area contributed by atoms with Gasteiger partial charge in [-0.2, -0.15) is 0 Å². The second-order valence-corrected chi connectivity index (χ2v) is 6.58. The van der Waals surface area contributed by atoms with Crippen molar-refractivity contribution in [1.82, 2.24) is 0 Å². The van der Waals surface area contributed by atoms with Crippen LogP contribution in [0.3, 0.4) is 0 Å². The first-order chi connectivity index (χ1) is 13.1. The van der Waals surface area contributed by atoms with Crippen LogP contribution in [0.5, 0.6) is 0 Å². The molecule has 4 rings (SSSR count). The van der Waals surface area contributed by atoms with Crippen molar-refractivity contribution in [3.8, 4) is 0 Å². The zero-order chi connectivity index (χ0) is 18.8. The van der Waals surface area contributed by atoms with E-state index in [2.05, 4.69) is 5.32 Å². The number of benzene rings is 3. The predicted octanol–water partition coefficient (Wildman–Crippen LogP) is 5.42. The summed E-state index contributed by atoms with van der Waals surface area (Å²) in [5, 5.41) is 14.9. The molecule has 1 aromatic heterocycles. The minimum absolute atomic E-state index is 0.200. The molecule has 1 amide bonds. The van der Waals surface area contributed by atoms with Gasteiger partial charge in [-0.25, -0.2) is 0 Å². The summed E-state index contributed by atoms with van der Waals surface area (Å²) in [7, 11) is 0. The third kappa shape index (κ3) is 3.58. The van der Waals surface area contributed by atoms with Crippen LogP contribution in [0.2, 0.25) is 5.02 Å². The van der Waals surface area contributed by atoms with Crippen molar-refractivity contribution in [2.75, 3.05) is 5.32 Å². The molecule has 1 atom stereocenters. The van der Waals surface area contributed by atoms with Gasteiger partial charge in [-0.3, -0.25) is 4.79 Å². The van der Waals surface area contributed by atoms with Crippen LogP contribution in [0.25, 0.3) is 11.0 Å². The normalized spacial score (nSPS) is 12.1. The van der Waals surface area contributed by atoms with E-state index in [0.717, 1.165) is 5.39 Å². The lowest BCUT2D eigenvalue weighted by atomic mass is 10.00. The summed E-state index contributed by atoms with van der Waals surface area (Å²) in [6, 6.07) is 23.3. The van der Waals surface area contributed by atoms with Gasteiger partial charge >= 0.3 is 0 Å². The van der Waals surface area contributed by atoms with E-state index in [4.69, 9.17) is 16.0 Å². The molecule has 0 spiro atoms. The Kier molecular flexibility index (Phi) is 4.67. The van der Waals surface area contributed by atoms with Crippen molar-refractivity contribution >= 4 is 34.2 Å². The fraction of sp³-hybridized carbons (Fsp3) is 0.0455. The number of fused-ring (bicyclic) bond motifs is 1. The molecule has 3 aromatic carbocycles. The number of halogens is 1. The number of aliphatic hydroxyl groups excluding tert-OH is 1. The van der Waals surface area contributed by atoms with Crippen molar-refractivity contribution in [1.29, 1.82) is 0 Å². The molecular formula is C22H16ClNO3. The smallest absolute Gasteiger partial charge is 0.291 e. The van der Waals surface area contributed by atoms with Gasteiger partial charge in [0.25, 0.3) is 5.91 Å². The highest BCUT2D eigenvalue weighted by atomic mass is 35.5. The van der Waals surface area contributed by atoms with Gasteiger partial charge in [0.15, 0.2) is 5.76 Å².